The van der Waals surface area contributed by atoms with Gasteiger partial charge in [0.1, 0.15) is 6.04 Å². The molecular formula is C16H18N4O4S. The van der Waals surface area contributed by atoms with E-state index in [9.17, 15) is 14.4 Å². The van der Waals surface area contributed by atoms with Crippen molar-refractivity contribution in [2.45, 2.75) is 45.7 Å². The lowest BCUT2D eigenvalue weighted by atomic mass is 10.3. The molecule has 3 rings (SSSR count). The average Bonchev–Trinajstić information content (AvgIpc) is 3.10. The highest BCUT2D eigenvalue weighted by molar-refractivity contribution is 7.17. The van der Waals surface area contributed by atoms with Crippen molar-refractivity contribution in [2.24, 2.45) is 0 Å². The zero-order valence-corrected chi connectivity index (χ0v) is 14.9. The quantitative estimate of drug-likeness (QED) is 0.791. The van der Waals surface area contributed by atoms with Gasteiger partial charge in [0, 0.05) is 19.2 Å². The molecule has 0 spiro atoms. The number of nitrogens with zero attached hydrogens (tertiary/aromatic N) is 4. The van der Waals surface area contributed by atoms with Gasteiger partial charge in [-0.25, -0.2) is 9.78 Å². The van der Waals surface area contributed by atoms with Crippen molar-refractivity contribution >= 4 is 34.1 Å². The SMILES string of the molecule is CC(=O)c1sc(N(C(=O)C(C)n2ccc(C(=O)O)n2)C2CC2)nc1C. The van der Waals surface area contributed by atoms with E-state index in [0.29, 0.717) is 15.7 Å². The molecule has 1 atom stereocenters. The van der Waals surface area contributed by atoms with E-state index in [1.54, 1.807) is 18.7 Å². The average molecular weight is 362 g/mol. The minimum Gasteiger partial charge on any atom is -0.476 e. The van der Waals surface area contributed by atoms with Gasteiger partial charge in [0.2, 0.25) is 0 Å². The number of amides is 1. The van der Waals surface area contributed by atoms with Crippen LogP contribution in [-0.4, -0.2) is 43.6 Å². The van der Waals surface area contributed by atoms with Gasteiger partial charge in [-0.05, 0) is 32.8 Å². The van der Waals surface area contributed by atoms with Gasteiger partial charge in [0.15, 0.2) is 16.6 Å². The molecule has 1 fully saturated rings. The molecule has 1 unspecified atom stereocenters. The minimum absolute atomic E-state index is 0.0646. The van der Waals surface area contributed by atoms with E-state index in [-0.39, 0.29) is 23.4 Å². The van der Waals surface area contributed by atoms with Crippen molar-refractivity contribution in [1.29, 1.82) is 0 Å². The highest BCUT2D eigenvalue weighted by atomic mass is 32.1. The molecule has 25 heavy (non-hydrogen) atoms. The van der Waals surface area contributed by atoms with E-state index in [4.69, 9.17) is 5.11 Å². The van der Waals surface area contributed by atoms with Gasteiger partial charge in [0.05, 0.1) is 10.6 Å². The second kappa shape index (κ2) is 6.40. The fourth-order valence-corrected chi connectivity index (χ4v) is 3.60. The first-order valence-corrected chi connectivity index (χ1v) is 8.71. The van der Waals surface area contributed by atoms with Crippen molar-refractivity contribution in [1.82, 2.24) is 14.8 Å². The van der Waals surface area contributed by atoms with E-state index in [1.807, 2.05) is 0 Å². The molecule has 9 heteroatoms. The van der Waals surface area contributed by atoms with Crippen molar-refractivity contribution in [2.75, 3.05) is 4.90 Å². The van der Waals surface area contributed by atoms with Crippen LogP contribution in [0, 0.1) is 6.92 Å². The van der Waals surface area contributed by atoms with Gasteiger partial charge < -0.3 is 5.11 Å². The van der Waals surface area contributed by atoms with Crippen LogP contribution in [0.2, 0.25) is 0 Å². The van der Waals surface area contributed by atoms with E-state index < -0.39 is 12.0 Å². The molecule has 0 radical (unpaired) electrons. The smallest absolute Gasteiger partial charge is 0.356 e. The fourth-order valence-electron chi connectivity index (χ4n) is 2.56. The van der Waals surface area contributed by atoms with E-state index >= 15 is 0 Å². The van der Waals surface area contributed by atoms with Crippen molar-refractivity contribution in [3.63, 3.8) is 0 Å². The molecule has 1 saturated carbocycles. The van der Waals surface area contributed by atoms with Gasteiger partial charge in [0.25, 0.3) is 5.91 Å². The molecule has 1 N–H and O–H groups in total. The number of rotatable bonds is 6. The van der Waals surface area contributed by atoms with Crippen LogP contribution < -0.4 is 4.90 Å². The third-order valence-electron chi connectivity index (χ3n) is 4.04. The number of carbonyl (C=O) groups is 3. The number of thiazole rings is 1. The Morgan fingerprint density at radius 1 is 1.40 bits per heavy atom. The summed E-state index contributed by atoms with van der Waals surface area (Å²) in [5, 5.41) is 13.4. The molecule has 0 aromatic carbocycles. The first kappa shape index (κ1) is 17.3. The first-order valence-electron chi connectivity index (χ1n) is 7.89. The molecule has 0 aliphatic heterocycles. The van der Waals surface area contributed by atoms with Gasteiger partial charge >= 0.3 is 5.97 Å². The molecule has 1 aliphatic rings. The molecule has 8 nitrogen and oxygen atoms in total. The van der Waals surface area contributed by atoms with E-state index in [2.05, 4.69) is 10.1 Å². The molecular weight excluding hydrogens is 344 g/mol. The lowest BCUT2D eigenvalue weighted by Crippen LogP contribution is -2.38. The van der Waals surface area contributed by atoms with Gasteiger partial charge in [-0.15, -0.1) is 0 Å². The Morgan fingerprint density at radius 3 is 2.56 bits per heavy atom. The van der Waals surface area contributed by atoms with E-state index in [1.165, 1.54) is 35.2 Å². The summed E-state index contributed by atoms with van der Waals surface area (Å²) in [6.07, 6.45) is 3.24. The van der Waals surface area contributed by atoms with Crippen LogP contribution in [0.5, 0.6) is 0 Å². The Kier molecular flexibility index (Phi) is 4.42. The van der Waals surface area contributed by atoms with Crippen LogP contribution in [0.15, 0.2) is 12.3 Å². The fraction of sp³-hybridized carbons (Fsp3) is 0.438. The zero-order chi connectivity index (χ0) is 18.3. The summed E-state index contributed by atoms with van der Waals surface area (Å²) >= 11 is 1.22. The molecule has 132 valence electrons. The summed E-state index contributed by atoms with van der Waals surface area (Å²) in [4.78, 5) is 42.2. The van der Waals surface area contributed by atoms with Crippen molar-refractivity contribution in [3.8, 4) is 0 Å². The lowest BCUT2D eigenvalue weighted by Gasteiger charge is -2.23. The second-order valence-corrected chi connectivity index (χ2v) is 7.05. The normalized spacial score (nSPS) is 15.0. The van der Waals surface area contributed by atoms with Crippen molar-refractivity contribution in [3.05, 3.63) is 28.5 Å². The van der Waals surface area contributed by atoms with Gasteiger partial charge in [-0.1, -0.05) is 11.3 Å². The Labute approximate surface area is 148 Å². The minimum atomic E-state index is -1.14. The molecule has 0 bridgehead atoms. The van der Waals surface area contributed by atoms with Crippen LogP contribution in [0.1, 0.15) is 58.6 Å². The number of aryl methyl sites for hydroxylation is 1. The number of anilines is 1. The van der Waals surface area contributed by atoms with E-state index in [0.717, 1.165) is 12.8 Å². The molecule has 2 aromatic rings. The number of hydrogen-bond acceptors (Lipinski definition) is 6. The maximum absolute atomic E-state index is 13.0. The summed E-state index contributed by atoms with van der Waals surface area (Å²) in [5.74, 6) is -1.43. The molecule has 1 aliphatic carbocycles. The summed E-state index contributed by atoms with van der Waals surface area (Å²) in [6.45, 7) is 4.90. The number of ketones is 1. The Morgan fingerprint density at radius 2 is 2.08 bits per heavy atom. The molecule has 2 aromatic heterocycles. The van der Waals surface area contributed by atoms with Crippen LogP contribution >= 0.6 is 11.3 Å². The monoisotopic (exact) mass is 362 g/mol. The predicted molar refractivity (Wildman–Crippen MR) is 91.3 cm³/mol. The number of carbonyl (C=O) groups excluding carboxylic acids is 2. The van der Waals surface area contributed by atoms with Crippen molar-refractivity contribution < 1.29 is 19.5 Å². The highest BCUT2D eigenvalue weighted by Gasteiger charge is 2.38. The Hall–Kier alpha value is -2.55. The van der Waals surface area contributed by atoms with Gasteiger partial charge in [-0.3, -0.25) is 19.2 Å². The predicted octanol–water partition coefficient (Wildman–Crippen LogP) is 2.31. The largest absolute Gasteiger partial charge is 0.476 e. The number of carboxylic acids is 1. The second-order valence-electron chi connectivity index (χ2n) is 6.07. The standard InChI is InChI=1S/C16H18N4O4S/c1-8-13(10(3)21)25-16(17-8)20(11-4-5-11)14(22)9(2)19-7-6-12(18-19)15(23)24/h6-7,9,11H,4-5H2,1-3H3,(H,23,24). The number of hydrogen-bond donors (Lipinski definition) is 1. The summed E-state index contributed by atoms with van der Waals surface area (Å²) in [5.41, 5.74) is 0.507. The van der Waals surface area contributed by atoms with Crippen LogP contribution in [0.25, 0.3) is 0 Å². The third-order valence-corrected chi connectivity index (χ3v) is 5.30. The molecule has 0 saturated heterocycles. The Bertz CT molecular complexity index is 852. The highest BCUT2D eigenvalue weighted by Crippen LogP contribution is 2.37. The molecule has 1 amide bonds. The van der Waals surface area contributed by atoms with Gasteiger partial charge in [-0.2, -0.15) is 5.10 Å². The van der Waals surface area contributed by atoms with Crippen LogP contribution in [0.4, 0.5) is 5.13 Å². The summed E-state index contributed by atoms with van der Waals surface area (Å²) in [7, 11) is 0. The number of carboxylic acid groups (broad SMARTS) is 1. The molecule has 2 heterocycles. The lowest BCUT2D eigenvalue weighted by molar-refractivity contribution is -0.121. The van der Waals surface area contributed by atoms with Crippen LogP contribution in [0.3, 0.4) is 0 Å². The number of aromatic carboxylic acids is 1. The zero-order valence-electron chi connectivity index (χ0n) is 14.1. The number of aromatic nitrogens is 3. The summed E-state index contributed by atoms with van der Waals surface area (Å²) < 4.78 is 1.34. The third kappa shape index (κ3) is 3.32. The first-order chi connectivity index (χ1) is 11.8. The number of Topliss-reactive ketones (excluding diaryl/α,β-unsaturated/α-hetero) is 1. The topological polar surface area (TPSA) is 105 Å². The maximum atomic E-state index is 13.0. The Balaban J connectivity index is 1.89. The maximum Gasteiger partial charge on any atom is 0.356 e. The van der Waals surface area contributed by atoms with Crippen LogP contribution in [-0.2, 0) is 4.79 Å². The summed E-state index contributed by atoms with van der Waals surface area (Å²) in [6, 6.07) is 0.753.